The summed E-state index contributed by atoms with van der Waals surface area (Å²) in [6.45, 7) is 13.1. The SMILES string of the molecule is CC.[C-]#[N+]c1cc2[nH]nc(-c3ccncc3)c2cc1C. The number of nitrogens with zero attached hydrogens (tertiary/aromatic N) is 3. The normalized spacial score (nSPS) is 9.70. The van der Waals surface area contributed by atoms with Crippen molar-refractivity contribution in [2.75, 3.05) is 0 Å². The molecule has 2 heterocycles. The third-order valence-electron chi connectivity index (χ3n) is 2.95. The summed E-state index contributed by atoms with van der Waals surface area (Å²) in [4.78, 5) is 7.50. The van der Waals surface area contributed by atoms with Crippen molar-refractivity contribution in [3.63, 3.8) is 0 Å². The van der Waals surface area contributed by atoms with E-state index in [1.807, 2.05) is 45.0 Å². The van der Waals surface area contributed by atoms with Gasteiger partial charge in [0.25, 0.3) is 0 Å². The minimum Gasteiger partial charge on any atom is -0.278 e. The molecule has 0 aliphatic rings. The number of hydrogen-bond donors (Lipinski definition) is 1. The fourth-order valence-electron chi connectivity index (χ4n) is 2.01. The molecule has 0 fully saturated rings. The topological polar surface area (TPSA) is 45.9 Å². The minimum absolute atomic E-state index is 0.660. The summed E-state index contributed by atoms with van der Waals surface area (Å²) in [5.41, 5.74) is 4.43. The van der Waals surface area contributed by atoms with E-state index in [0.29, 0.717) is 5.69 Å². The van der Waals surface area contributed by atoms with E-state index in [0.717, 1.165) is 27.7 Å². The Bertz CT molecular complexity index is 751. The third-order valence-corrected chi connectivity index (χ3v) is 2.95. The number of rotatable bonds is 1. The molecular formula is C16H16N4. The zero-order valence-corrected chi connectivity index (χ0v) is 11.8. The van der Waals surface area contributed by atoms with Crippen molar-refractivity contribution in [3.8, 4) is 11.3 Å². The van der Waals surface area contributed by atoms with E-state index in [-0.39, 0.29) is 0 Å². The highest BCUT2D eigenvalue weighted by Gasteiger charge is 2.10. The van der Waals surface area contributed by atoms with Crippen molar-refractivity contribution in [2.45, 2.75) is 20.8 Å². The summed E-state index contributed by atoms with van der Waals surface area (Å²) in [5.74, 6) is 0. The molecule has 4 heteroatoms. The molecule has 4 nitrogen and oxygen atoms in total. The van der Waals surface area contributed by atoms with Crippen LogP contribution in [0.3, 0.4) is 0 Å². The number of aryl methyl sites for hydroxylation is 1. The molecule has 1 aromatic carbocycles. The molecule has 0 spiro atoms. The lowest BCUT2D eigenvalue weighted by Gasteiger charge is -2.00. The average Bonchev–Trinajstić information content (AvgIpc) is 2.92. The van der Waals surface area contributed by atoms with E-state index in [9.17, 15) is 0 Å². The number of nitrogens with one attached hydrogen (secondary N) is 1. The Kier molecular flexibility index (Phi) is 4.11. The van der Waals surface area contributed by atoms with Gasteiger partial charge in [-0.25, -0.2) is 4.85 Å². The Morgan fingerprint density at radius 3 is 2.50 bits per heavy atom. The quantitative estimate of drug-likeness (QED) is 0.657. The van der Waals surface area contributed by atoms with Gasteiger partial charge in [0.2, 0.25) is 0 Å². The molecule has 100 valence electrons. The Balaban J connectivity index is 0.000000704. The molecule has 0 aliphatic carbocycles. The van der Waals surface area contributed by atoms with Crippen molar-refractivity contribution < 1.29 is 0 Å². The Hall–Kier alpha value is -2.67. The van der Waals surface area contributed by atoms with Gasteiger partial charge in [0.15, 0.2) is 5.69 Å². The molecule has 0 saturated heterocycles. The van der Waals surface area contributed by atoms with Gasteiger partial charge in [-0.1, -0.05) is 19.9 Å². The van der Waals surface area contributed by atoms with Crippen molar-refractivity contribution in [1.29, 1.82) is 0 Å². The first-order valence-corrected chi connectivity index (χ1v) is 6.56. The first kappa shape index (κ1) is 13.8. The van der Waals surface area contributed by atoms with Gasteiger partial charge in [-0.2, -0.15) is 5.10 Å². The van der Waals surface area contributed by atoms with Gasteiger partial charge < -0.3 is 0 Å². The zero-order valence-electron chi connectivity index (χ0n) is 11.8. The van der Waals surface area contributed by atoms with Gasteiger partial charge in [-0.3, -0.25) is 10.1 Å². The summed E-state index contributed by atoms with van der Waals surface area (Å²) in [7, 11) is 0. The molecule has 0 saturated carbocycles. The summed E-state index contributed by atoms with van der Waals surface area (Å²) in [6, 6.07) is 7.69. The van der Waals surface area contributed by atoms with Crippen molar-refractivity contribution in [3.05, 3.63) is 53.6 Å². The molecule has 3 aromatic rings. The number of benzene rings is 1. The van der Waals surface area contributed by atoms with E-state index < -0.39 is 0 Å². The minimum atomic E-state index is 0.660. The van der Waals surface area contributed by atoms with Crippen LogP contribution in [-0.4, -0.2) is 15.2 Å². The first-order chi connectivity index (χ1) is 9.79. The van der Waals surface area contributed by atoms with Crippen molar-refractivity contribution >= 4 is 16.6 Å². The van der Waals surface area contributed by atoms with Crippen molar-refractivity contribution in [1.82, 2.24) is 15.2 Å². The van der Waals surface area contributed by atoms with E-state index in [4.69, 9.17) is 6.57 Å². The fourth-order valence-corrected chi connectivity index (χ4v) is 2.01. The lowest BCUT2D eigenvalue weighted by atomic mass is 10.1. The standard InChI is InChI=1S/C14H10N4.C2H6/c1-9-7-11-13(8-12(9)15-2)17-18-14(11)10-3-5-16-6-4-10;1-2/h3-8H,1H3,(H,17,18);1-2H3. The summed E-state index contributed by atoms with van der Waals surface area (Å²) >= 11 is 0. The molecule has 0 radical (unpaired) electrons. The van der Waals surface area contributed by atoms with Crippen LogP contribution in [0.5, 0.6) is 0 Å². The second-order valence-electron chi connectivity index (χ2n) is 4.10. The molecular weight excluding hydrogens is 248 g/mol. The van der Waals surface area contributed by atoms with Gasteiger partial charge >= 0.3 is 0 Å². The Morgan fingerprint density at radius 1 is 1.15 bits per heavy atom. The summed E-state index contributed by atoms with van der Waals surface area (Å²) in [5, 5.41) is 8.33. The van der Waals surface area contributed by atoms with Gasteiger partial charge in [0, 0.05) is 23.3 Å². The third kappa shape index (κ3) is 2.39. The summed E-state index contributed by atoms with van der Waals surface area (Å²) in [6.07, 6.45) is 3.49. The molecule has 2 aromatic heterocycles. The Morgan fingerprint density at radius 2 is 1.85 bits per heavy atom. The van der Waals surface area contributed by atoms with Crippen LogP contribution in [0, 0.1) is 13.5 Å². The number of aromatic amines is 1. The predicted molar refractivity (Wildman–Crippen MR) is 81.7 cm³/mol. The maximum Gasteiger partial charge on any atom is 0.192 e. The van der Waals surface area contributed by atoms with E-state index >= 15 is 0 Å². The largest absolute Gasteiger partial charge is 0.278 e. The number of fused-ring (bicyclic) bond motifs is 1. The van der Waals surface area contributed by atoms with Gasteiger partial charge in [-0.15, -0.1) is 0 Å². The number of H-pyrrole nitrogens is 1. The number of pyridine rings is 1. The van der Waals surface area contributed by atoms with E-state index in [1.54, 1.807) is 12.4 Å². The second-order valence-corrected chi connectivity index (χ2v) is 4.10. The average molecular weight is 264 g/mol. The highest BCUT2D eigenvalue weighted by molar-refractivity contribution is 5.95. The zero-order chi connectivity index (χ0) is 14.5. The van der Waals surface area contributed by atoms with Crippen LogP contribution in [0.25, 0.3) is 27.0 Å². The van der Waals surface area contributed by atoms with Crippen molar-refractivity contribution in [2.24, 2.45) is 0 Å². The lowest BCUT2D eigenvalue weighted by Crippen LogP contribution is -1.80. The molecule has 3 rings (SSSR count). The van der Waals surface area contributed by atoms with Crippen LogP contribution in [0.4, 0.5) is 5.69 Å². The molecule has 0 amide bonds. The highest BCUT2D eigenvalue weighted by Crippen LogP contribution is 2.30. The number of aromatic nitrogens is 3. The van der Waals surface area contributed by atoms with Crippen LogP contribution < -0.4 is 0 Å². The van der Waals surface area contributed by atoms with Crippen LogP contribution in [-0.2, 0) is 0 Å². The second kappa shape index (κ2) is 5.98. The van der Waals surface area contributed by atoms with Gasteiger partial charge in [0.1, 0.15) is 0 Å². The molecule has 0 atom stereocenters. The van der Waals surface area contributed by atoms with Gasteiger partial charge in [0.05, 0.1) is 17.8 Å². The van der Waals surface area contributed by atoms with E-state index in [1.165, 1.54) is 0 Å². The maximum atomic E-state index is 7.11. The van der Waals surface area contributed by atoms with Gasteiger partial charge in [-0.05, 0) is 30.7 Å². The fraction of sp³-hybridized carbons (Fsp3) is 0.188. The maximum absolute atomic E-state index is 7.11. The smallest absolute Gasteiger partial charge is 0.192 e. The molecule has 20 heavy (non-hydrogen) atoms. The predicted octanol–water partition coefficient (Wildman–Crippen LogP) is 4.51. The van der Waals surface area contributed by atoms with E-state index in [2.05, 4.69) is 20.0 Å². The molecule has 1 N–H and O–H groups in total. The van der Waals surface area contributed by atoms with Crippen LogP contribution >= 0.6 is 0 Å². The van der Waals surface area contributed by atoms with Crippen LogP contribution in [0.1, 0.15) is 19.4 Å². The lowest BCUT2D eigenvalue weighted by molar-refractivity contribution is 1.12. The van der Waals surface area contributed by atoms with Crippen LogP contribution in [0.2, 0.25) is 0 Å². The first-order valence-electron chi connectivity index (χ1n) is 6.56. The molecule has 0 unspecified atom stereocenters. The monoisotopic (exact) mass is 264 g/mol. The molecule has 0 bridgehead atoms. The number of hydrogen-bond acceptors (Lipinski definition) is 2. The molecule has 0 aliphatic heterocycles. The summed E-state index contributed by atoms with van der Waals surface area (Å²) < 4.78 is 0. The highest BCUT2D eigenvalue weighted by atomic mass is 15.1. The van der Waals surface area contributed by atoms with Crippen LogP contribution in [0.15, 0.2) is 36.7 Å². The Labute approximate surface area is 118 Å².